The second kappa shape index (κ2) is 4.44. The Morgan fingerprint density at radius 1 is 1.22 bits per heavy atom. The van der Waals surface area contributed by atoms with Crippen LogP contribution < -0.4 is 5.32 Å². The SMILES string of the molecule is Cc1cc(C)c(C2CC(=O)NC2C(=O)O)cc1C. The topological polar surface area (TPSA) is 66.4 Å². The molecule has 1 aromatic carbocycles. The van der Waals surface area contributed by atoms with E-state index in [-0.39, 0.29) is 18.2 Å². The van der Waals surface area contributed by atoms with E-state index in [1.165, 1.54) is 5.56 Å². The molecular weight excluding hydrogens is 230 g/mol. The van der Waals surface area contributed by atoms with Crippen LogP contribution in [0.5, 0.6) is 0 Å². The molecule has 4 nitrogen and oxygen atoms in total. The molecule has 0 aliphatic carbocycles. The number of benzene rings is 1. The van der Waals surface area contributed by atoms with Crippen molar-refractivity contribution >= 4 is 11.9 Å². The highest BCUT2D eigenvalue weighted by Crippen LogP contribution is 2.32. The second-order valence-corrected chi connectivity index (χ2v) is 4.99. The normalized spacial score (nSPS) is 22.9. The molecular formula is C14H17NO3. The van der Waals surface area contributed by atoms with Crippen LogP contribution in [0.1, 0.15) is 34.6 Å². The van der Waals surface area contributed by atoms with Crippen molar-refractivity contribution < 1.29 is 14.7 Å². The standard InChI is InChI=1S/C14H17NO3/c1-7-4-9(3)10(5-8(7)2)11-6-12(16)15-13(11)14(17)18/h4-5,11,13H,6H2,1-3H3,(H,15,16)(H,17,18). The van der Waals surface area contributed by atoms with E-state index >= 15 is 0 Å². The molecule has 4 heteroatoms. The fraction of sp³-hybridized carbons (Fsp3) is 0.429. The Hall–Kier alpha value is -1.84. The smallest absolute Gasteiger partial charge is 0.326 e. The fourth-order valence-corrected chi connectivity index (χ4v) is 2.56. The Balaban J connectivity index is 2.44. The second-order valence-electron chi connectivity index (χ2n) is 4.99. The first-order chi connectivity index (χ1) is 8.40. The maximum absolute atomic E-state index is 11.4. The van der Waals surface area contributed by atoms with Crippen molar-refractivity contribution in [1.29, 1.82) is 0 Å². The molecule has 1 aliphatic rings. The molecule has 1 fully saturated rings. The van der Waals surface area contributed by atoms with Gasteiger partial charge in [-0.1, -0.05) is 12.1 Å². The summed E-state index contributed by atoms with van der Waals surface area (Å²) in [7, 11) is 0. The first-order valence-electron chi connectivity index (χ1n) is 6.00. The number of aliphatic carboxylic acids is 1. The number of hydrogen-bond donors (Lipinski definition) is 2. The summed E-state index contributed by atoms with van der Waals surface area (Å²) in [6.07, 6.45) is 0.250. The molecule has 0 spiro atoms. The van der Waals surface area contributed by atoms with Crippen LogP contribution in [0.15, 0.2) is 12.1 Å². The third kappa shape index (κ3) is 2.10. The van der Waals surface area contributed by atoms with Gasteiger partial charge in [0.15, 0.2) is 0 Å². The van der Waals surface area contributed by atoms with Gasteiger partial charge in [-0.3, -0.25) is 4.79 Å². The molecule has 0 bridgehead atoms. The summed E-state index contributed by atoms with van der Waals surface area (Å²) >= 11 is 0. The van der Waals surface area contributed by atoms with Gasteiger partial charge < -0.3 is 10.4 Å². The van der Waals surface area contributed by atoms with Crippen molar-refractivity contribution in [3.05, 3.63) is 34.4 Å². The van der Waals surface area contributed by atoms with Gasteiger partial charge in [0.2, 0.25) is 5.91 Å². The van der Waals surface area contributed by atoms with Gasteiger partial charge in [0.1, 0.15) is 6.04 Å². The van der Waals surface area contributed by atoms with Gasteiger partial charge in [0.25, 0.3) is 0 Å². The molecule has 18 heavy (non-hydrogen) atoms. The summed E-state index contributed by atoms with van der Waals surface area (Å²) in [5.41, 5.74) is 4.31. The van der Waals surface area contributed by atoms with E-state index in [2.05, 4.69) is 5.32 Å². The highest BCUT2D eigenvalue weighted by molar-refractivity contribution is 5.89. The quantitative estimate of drug-likeness (QED) is 0.835. The monoisotopic (exact) mass is 247 g/mol. The number of rotatable bonds is 2. The summed E-state index contributed by atoms with van der Waals surface area (Å²) in [6.45, 7) is 5.99. The van der Waals surface area contributed by atoms with Crippen LogP contribution in [-0.4, -0.2) is 23.0 Å². The number of carboxylic acids is 1. The van der Waals surface area contributed by atoms with Crippen molar-refractivity contribution in [2.24, 2.45) is 0 Å². The van der Waals surface area contributed by atoms with E-state index in [1.54, 1.807) is 0 Å². The number of nitrogens with one attached hydrogen (secondary N) is 1. The largest absolute Gasteiger partial charge is 0.480 e. The molecule has 2 atom stereocenters. The van der Waals surface area contributed by atoms with Gasteiger partial charge in [-0.15, -0.1) is 0 Å². The molecule has 1 heterocycles. The minimum absolute atomic E-state index is 0.190. The fourth-order valence-electron chi connectivity index (χ4n) is 2.56. The molecule has 1 amide bonds. The average Bonchev–Trinajstić information content (AvgIpc) is 2.65. The van der Waals surface area contributed by atoms with E-state index in [4.69, 9.17) is 5.11 Å². The molecule has 1 saturated heterocycles. The minimum atomic E-state index is -0.969. The first-order valence-corrected chi connectivity index (χ1v) is 6.00. The van der Waals surface area contributed by atoms with Crippen molar-refractivity contribution in [3.63, 3.8) is 0 Å². The van der Waals surface area contributed by atoms with Gasteiger partial charge in [-0.2, -0.15) is 0 Å². The van der Waals surface area contributed by atoms with E-state index in [0.717, 1.165) is 16.7 Å². The molecule has 1 aromatic rings. The molecule has 0 radical (unpaired) electrons. The van der Waals surface area contributed by atoms with Crippen LogP contribution in [0.25, 0.3) is 0 Å². The zero-order chi connectivity index (χ0) is 13.4. The molecule has 96 valence electrons. The lowest BCUT2D eigenvalue weighted by atomic mass is 9.86. The molecule has 0 saturated carbocycles. The Morgan fingerprint density at radius 2 is 1.83 bits per heavy atom. The third-order valence-corrected chi connectivity index (χ3v) is 3.67. The number of carboxylic acid groups (broad SMARTS) is 1. The summed E-state index contributed by atoms with van der Waals surface area (Å²) < 4.78 is 0. The van der Waals surface area contributed by atoms with Gasteiger partial charge in [0.05, 0.1) is 0 Å². The zero-order valence-electron chi connectivity index (χ0n) is 10.8. The van der Waals surface area contributed by atoms with Crippen LogP contribution in [-0.2, 0) is 9.59 Å². The molecule has 2 rings (SSSR count). The lowest BCUT2D eigenvalue weighted by Gasteiger charge is -2.19. The van der Waals surface area contributed by atoms with E-state index in [1.807, 2.05) is 32.9 Å². The first kappa shape index (κ1) is 12.6. The van der Waals surface area contributed by atoms with Gasteiger partial charge in [0, 0.05) is 12.3 Å². The maximum Gasteiger partial charge on any atom is 0.326 e. The minimum Gasteiger partial charge on any atom is -0.480 e. The zero-order valence-corrected chi connectivity index (χ0v) is 10.8. The summed E-state index contributed by atoms with van der Waals surface area (Å²) in [5, 5.41) is 11.7. The molecule has 1 aliphatic heterocycles. The molecule has 0 aromatic heterocycles. The summed E-state index contributed by atoms with van der Waals surface area (Å²) in [4.78, 5) is 22.6. The van der Waals surface area contributed by atoms with E-state index in [0.29, 0.717) is 0 Å². The predicted molar refractivity (Wildman–Crippen MR) is 67.6 cm³/mol. The van der Waals surface area contributed by atoms with Crippen LogP contribution in [0.3, 0.4) is 0 Å². The van der Waals surface area contributed by atoms with Gasteiger partial charge >= 0.3 is 5.97 Å². The number of carbonyl (C=O) groups excluding carboxylic acids is 1. The van der Waals surface area contributed by atoms with Crippen molar-refractivity contribution in [2.45, 2.75) is 39.2 Å². The van der Waals surface area contributed by atoms with Crippen LogP contribution in [0.2, 0.25) is 0 Å². The van der Waals surface area contributed by atoms with Crippen LogP contribution in [0.4, 0.5) is 0 Å². The number of amides is 1. The Morgan fingerprint density at radius 3 is 2.44 bits per heavy atom. The van der Waals surface area contributed by atoms with Gasteiger partial charge in [-0.25, -0.2) is 4.79 Å². The Bertz CT molecular complexity index is 522. The van der Waals surface area contributed by atoms with Crippen LogP contribution >= 0.6 is 0 Å². The molecule has 2 unspecified atom stereocenters. The van der Waals surface area contributed by atoms with E-state index in [9.17, 15) is 9.59 Å². The maximum atomic E-state index is 11.4. The predicted octanol–water partition coefficient (Wildman–Crippen LogP) is 1.67. The summed E-state index contributed by atoms with van der Waals surface area (Å²) in [6, 6.07) is 3.25. The highest BCUT2D eigenvalue weighted by atomic mass is 16.4. The lowest BCUT2D eigenvalue weighted by molar-refractivity contribution is -0.140. The average molecular weight is 247 g/mol. The van der Waals surface area contributed by atoms with Crippen molar-refractivity contribution in [2.75, 3.05) is 0 Å². The molecule has 2 N–H and O–H groups in total. The van der Waals surface area contributed by atoms with Crippen molar-refractivity contribution in [1.82, 2.24) is 5.32 Å². The Kier molecular flexibility index (Phi) is 3.11. The lowest BCUT2D eigenvalue weighted by Crippen LogP contribution is -2.36. The van der Waals surface area contributed by atoms with E-state index < -0.39 is 12.0 Å². The number of aryl methyl sites for hydroxylation is 3. The number of hydrogen-bond acceptors (Lipinski definition) is 2. The van der Waals surface area contributed by atoms with Gasteiger partial charge in [-0.05, 0) is 43.0 Å². The summed E-state index contributed by atoms with van der Waals surface area (Å²) in [5.74, 6) is -1.43. The van der Waals surface area contributed by atoms with Crippen molar-refractivity contribution in [3.8, 4) is 0 Å². The van der Waals surface area contributed by atoms with Crippen LogP contribution in [0, 0.1) is 20.8 Å². The Labute approximate surface area is 106 Å². The highest BCUT2D eigenvalue weighted by Gasteiger charge is 2.39. The number of carbonyl (C=O) groups is 2. The third-order valence-electron chi connectivity index (χ3n) is 3.67.